The highest BCUT2D eigenvalue weighted by Crippen LogP contribution is 2.17. The highest BCUT2D eigenvalue weighted by Gasteiger charge is 2.21. The van der Waals surface area contributed by atoms with Crippen LogP contribution in [0.1, 0.15) is 5.56 Å². The van der Waals surface area contributed by atoms with E-state index in [4.69, 9.17) is 4.74 Å². The molecule has 170 valence electrons. The maximum absolute atomic E-state index is 13.5. The fourth-order valence-electron chi connectivity index (χ4n) is 2.95. The second-order valence-electron chi connectivity index (χ2n) is 6.97. The number of rotatable bonds is 8. The van der Waals surface area contributed by atoms with Crippen LogP contribution >= 0.6 is 0 Å². The molecule has 3 rings (SSSR count). The number of esters is 1. The van der Waals surface area contributed by atoms with E-state index < -0.39 is 54.7 Å². The molecular formula is C24H19F3N2O4. The Hall–Kier alpha value is -4.14. The Morgan fingerprint density at radius 2 is 1.45 bits per heavy atom. The van der Waals surface area contributed by atoms with Crippen LogP contribution in [0.5, 0.6) is 5.75 Å². The molecule has 0 unspecified atom stereocenters. The lowest BCUT2D eigenvalue weighted by Gasteiger charge is -2.22. The summed E-state index contributed by atoms with van der Waals surface area (Å²) in [6.45, 7) is -0.963. The lowest BCUT2D eigenvalue weighted by atomic mass is 10.1. The number of amides is 2. The van der Waals surface area contributed by atoms with Crippen molar-refractivity contribution in [3.05, 3.63) is 95.8 Å². The molecule has 0 aromatic heterocycles. The van der Waals surface area contributed by atoms with Crippen LogP contribution in [-0.2, 0) is 20.8 Å². The van der Waals surface area contributed by atoms with Crippen molar-refractivity contribution in [3.8, 4) is 5.75 Å². The van der Waals surface area contributed by atoms with Gasteiger partial charge in [0.25, 0.3) is 0 Å². The van der Waals surface area contributed by atoms with Crippen molar-refractivity contribution in [1.82, 2.24) is 5.32 Å². The van der Waals surface area contributed by atoms with Crippen LogP contribution in [0.15, 0.2) is 72.8 Å². The third kappa shape index (κ3) is 7.20. The van der Waals surface area contributed by atoms with Crippen molar-refractivity contribution in [1.29, 1.82) is 0 Å². The molecule has 0 saturated carbocycles. The predicted octanol–water partition coefficient (Wildman–Crippen LogP) is 3.40. The molecule has 1 N–H and O–H groups in total. The van der Waals surface area contributed by atoms with Gasteiger partial charge >= 0.3 is 5.97 Å². The fourth-order valence-corrected chi connectivity index (χ4v) is 2.95. The van der Waals surface area contributed by atoms with Crippen LogP contribution in [-0.4, -0.2) is 30.9 Å². The molecule has 0 atom stereocenters. The van der Waals surface area contributed by atoms with Gasteiger partial charge in [-0.25, -0.2) is 18.0 Å². The Kier molecular flexibility index (Phi) is 7.80. The summed E-state index contributed by atoms with van der Waals surface area (Å²) in [7, 11) is 0. The molecule has 33 heavy (non-hydrogen) atoms. The standard InChI is InChI=1S/C24H19F3N2O4/c25-17-6-8-20(9-7-17)29(23(31)12-16-10-18(26)13-19(27)11-16)15-22(30)28-14-24(32)33-21-4-2-1-3-5-21/h1-11,13H,12,14-15H2,(H,28,30). The van der Waals surface area contributed by atoms with E-state index in [2.05, 4.69) is 5.32 Å². The van der Waals surface area contributed by atoms with Gasteiger partial charge < -0.3 is 15.0 Å². The molecule has 0 bridgehead atoms. The topological polar surface area (TPSA) is 75.7 Å². The van der Waals surface area contributed by atoms with Crippen molar-refractivity contribution >= 4 is 23.5 Å². The summed E-state index contributed by atoms with van der Waals surface area (Å²) in [6, 6.07) is 15.7. The lowest BCUT2D eigenvalue weighted by Crippen LogP contribution is -2.43. The van der Waals surface area contributed by atoms with Crippen molar-refractivity contribution in [2.24, 2.45) is 0 Å². The average molecular weight is 456 g/mol. The van der Waals surface area contributed by atoms with Gasteiger partial charge in [0.05, 0.1) is 6.42 Å². The number of para-hydroxylation sites is 1. The second-order valence-corrected chi connectivity index (χ2v) is 6.97. The number of ether oxygens (including phenoxy) is 1. The fraction of sp³-hybridized carbons (Fsp3) is 0.125. The number of nitrogens with zero attached hydrogens (tertiary/aromatic N) is 1. The zero-order valence-electron chi connectivity index (χ0n) is 17.3. The van der Waals surface area contributed by atoms with Gasteiger partial charge in [-0.05, 0) is 54.1 Å². The summed E-state index contributed by atoms with van der Waals surface area (Å²) in [5.41, 5.74) is 0.261. The first kappa shape index (κ1) is 23.5. The summed E-state index contributed by atoms with van der Waals surface area (Å²) in [5, 5.41) is 2.35. The zero-order chi connectivity index (χ0) is 23.8. The minimum Gasteiger partial charge on any atom is -0.425 e. The van der Waals surface area contributed by atoms with E-state index in [9.17, 15) is 27.6 Å². The summed E-state index contributed by atoms with van der Waals surface area (Å²) in [5.74, 6) is -4.00. The minimum atomic E-state index is -0.846. The van der Waals surface area contributed by atoms with Gasteiger partial charge in [0.2, 0.25) is 11.8 Å². The Morgan fingerprint density at radius 1 is 0.818 bits per heavy atom. The summed E-state index contributed by atoms with van der Waals surface area (Å²) < 4.78 is 45.3. The smallest absolute Gasteiger partial charge is 0.330 e. The molecule has 0 aliphatic heterocycles. The van der Waals surface area contributed by atoms with E-state index in [0.717, 1.165) is 29.2 Å². The molecule has 0 aliphatic carbocycles. The number of nitrogens with one attached hydrogen (secondary N) is 1. The number of benzene rings is 3. The molecule has 3 aromatic carbocycles. The van der Waals surface area contributed by atoms with Gasteiger partial charge in [-0.3, -0.25) is 9.59 Å². The Morgan fingerprint density at radius 3 is 2.09 bits per heavy atom. The van der Waals surface area contributed by atoms with Crippen molar-refractivity contribution in [2.45, 2.75) is 6.42 Å². The lowest BCUT2D eigenvalue weighted by molar-refractivity contribution is -0.135. The Labute approximate surface area is 187 Å². The molecule has 9 heteroatoms. The summed E-state index contributed by atoms with van der Waals surface area (Å²) in [6.07, 6.45) is -0.407. The van der Waals surface area contributed by atoms with Crippen LogP contribution in [0.4, 0.5) is 18.9 Å². The molecule has 0 fully saturated rings. The highest BCUT2D eigenvalue weighted by atomic mass is 19.1. The van der Waals surface area contributed by atoms with Gasteiger partial charge in [-0.1, -0.05) is 18.2 Å². The van der Waals surface area contributed by atoms with Gasteiger partial charge in [0.15, 0.2) is 0 Å². The first-order chi connectivity index (χ1) is 15.8. The molecule has 0 heterocycles. The number of halogens is 3. The first-order valence-corrected chi connectivity index (χ1v) is 9.83. The maximum Gasteiger partial charge on any atom is 0.330 e. The second kappa shape index (κ2) is 10.9. The number of hydrogen-bond acceptors (Lipinski definition) is 4. The Bertz CT molecular complexity index is 1120. The first-order valence-electron chi connectivity index (χ1n) is 9.83. The maximum atomic E-state index is 13.5. The quantitative estimate of drug-likeness (QED) is 0.417. The molecule has 0 spiro atoms. The molecular weight excluding hydrogens is 437 g/mol. The van der Waals surface area contributed by atoms with Gasteiger partial charge in [0.1, 0.15) is 36.3 Å². The molecule has 3 aromatic rings. The highest BCUT2D eigenvalue weighted by molar-refractivity contribution is 6.00. The van der Waals surface area contributed by atoms with Crippen LogP contribution in [0, 0.1) is 17.5 Å². The molecule has 0 aliphatic rings. The SMILES string of the molecule is O=C(CN(C(=O)Cc1cc(F)cc(F)c1)c1ccc(F)cc1)NCC(=O)Oc1ccccc1. The van der Waals surface area contributed by atoms with Crippen molar-refractivity contribution in [3.63, 3.8) is 0 Å². The third-order valence-corrected chi connectivity index (χ3v) is 4.42. The van der Waals surface area contributed by atoms with Gasteiger partial charge in [0, 0.05) is 11.8 Å². The number of carbonyl (C=O) groups is 3. The van der Waals surface area contributed by atoms with E-state index in [1.165, 1.54) is 12.1 Å². The molecule has 6 nitrogen and oxygen atoms in total. The predicted molar refractivity (Wildman–Crippen MR) is 114 cm³/mol. The van der Waals surface area contributed by atoms with Crippen molar-refractivity contribution in [2.75, 3.05) is 18.0 Å². The average Bonchev–Trinajstić information content (AvgIpc) is 2.77. The van der Waals surface area contributed by atoms with Crippen molar-refractivity contribution < 1.29 is 32.3 Å². The Balaban J connectivity index is 1.67. The van der Waals surface area contributed by atoms with E-state index in [-0.39, 0.29) is 11.3 Å². The zero-order valence-corrected chi connectivity index (χ0v) is 17.3. The van der Waals surface area contributed by atoms with Gasteiger partial charge in [-0.15, -0.1) is 0 Å². The van der Waals surface area contributed by atoms with Gasteiger partial charge in [-0.2, -0.15) is 0 Å². The molecule has 0 saturated heterocycles. The molecule has 0 radical (unpaired) electrons. The molecule has 2 amide bonds. The number of anilines is 1. The minimum absolute atomic E-state index is 0.0662. The van der Waals surface area contributed by atoms with E-state index >= 15 is 0 Å². The largest absolute Gasteiger partial charge is 0.425 e. The summed E-state index contributed by atoms with van der Waals surface area (Å²) >= 11 is 0. The number of hydrogen-bond donors (Lipinski definition) is 1. The van der Waals surface area contributed by atoms with E-state index in [1.54, 1.807) is 30.3 Å². The third-order valence-electron chi connectivity index (χ3n) is 4.42. The van der Waals surface area contributed by atoms with E-state index in [1.807, 2.05) is 0 Å². The normalized spacial score (nSPS) is 10.4. The monoisotopic (exact) mass is 456 g/mol. The van der Waals surface area contributed by atoms with Crippen LogP contribution in [0.2, 0.25) is 0 Å². The van der Waals surface area contributed by atoms with Crippen LogP contribution < -0.4 is 15.0 Å². The number of carbonyl (C=O) groups excluding carboxylic acids is 3. The van der Waals surface area contributed by atoms with Crippen LogP contribution in [0.25, 0.3) is 0 Å². The summed E-state index contributed by atoms with van der Waals surface area (Å²) in [4.78, 5) is 38.2. The van der Waals surface area contributed by atoms with E-state index in [0.29, 0.717) is 11.8 Å². The van der Waals surface area contributed by atoms with Crippen LogP contribution in [0.3, 0.4) is 0 Å².